The van der Waals surface area contributed by atoms with Crippen LogP contribution >= 0.6 is 0 Å². The van der Waals surface area contributed by atoms with Gasteiger partial charge in [0.15, 0.2) is 5.82 Å². The topological polar surface area (TPSA) is 130 Å². The van der Waals surface area contributed by atoms with Crippen LogP contribution in [-0.2, 0) is 10.0 Å². The van der Waals surface area contributed by atoms with Crippen LogP contribution in [0.15, 0.2) is 55.0 Å². The standard InChI is InChI=1S/C24H26N8O2S/c1-16-5-6-26-15-20(16)17-11-18-13-23(29-30-24(18)21(25)12-17)28-22-4-3-19(14-27-22)31-7-9-32(10-8-31)35(2,33)34/h3-6,11-15H,7-10,25H2,1-2H3,(H,27,28,29). The lowest BCUT2D eigenvalue weighted by Crippen LogP contribution is -2.48. The largest absolute Gasteiger partial charge is 0.397 e. The van der Waals surface area contributed by atoms with Gasteiger partial charge in [-0.15, -0.1) is 10.2 Å². The number of nitrogens with one attached hydrogen (secondary N) is 1. The van der Waals surface area contributed by atoms with Gasteiger partial charge in [0.25, 0.3) is 0 Å². The normalized spacial score (nSPS) is 14.9. The lowest BCUT2D eigenvalue weighted by Gasteiger charge is -2.34. The van der Waals surface area contributed by atoms with E-state index in [0.717, 1.165) is 27.8 Å². The van der Waals surface area contributed by atoms with Gasteiger partial charge in [0.1, 0.15) is 11.3 Å². The van der Waals surface area contributed by atoms with Crippen molar-refractivity contribution in [1.29, 1.82) is 0 Å². The number of nitrogens with two attached hydrogens (primary N) is 1. The van der Waals surface area contributed by atoms with Crippen LogP contribution in [0.25, 0.3) is 22.0 Å². The molecule has 35 heavy (non-hydrogen) atoms. The molecule has 3 N–H and O–H groups in total. The van der Waals surface area contributed by atoms with Crippen LogP contribution in [0.2, 0.25) is 0 Å². The summed E-state index contributed by atoms with van der Waals surface area (Å²) in [6, 6.07) is 11.6. The van der Waals surface area contributed by atoms with Crippen molar-refractivity contribution >= 4 is 43.9 Å². The van der Waals surface area contributed by atoms with Crippen molar-refractivity contribution in [2.24, 2.45) is 0 Å². The predicted molar refractivity (Wildman–Crippen MR) is 138 cm³/mol. The van der Waals surface area contributed by atoms with Gasteiger partial charge in [-0.1, -0.05) is 0 Å². The first-order valence-corrected chi connectivity index (χ1v) is 13.0. The summed E-state index contributed by atoms with van der Waals surface area (Å²) in [6.07, 6.45) is 6.62. The van der Waals surface area contributed by atoms with Gasteiger partial charge in [-0.05, 0) is 54.4 Å². The number of hydrogen-bond acceptors (Lipinski definition) is 9. The van der Waals surface area contributed by atoms with Gasteiger partial charge in [-0.2, -0.15) is 4.31 Å². The molecule has 0 bridgehead atoms. The molecule has 1 aromatic carbocycles. The highest BCUT2D eigenvalue weighted by Crippen LogP contribution is 2.30. The fourth-order valence-corrected chi connectivity index (χ4v) is 5.05. The molecule has 1 aliphatic heterocycles. The van der Waals surface area contributed by atoms with Gasteiger partial charge in [-0.25, -0.2) is 13.4 Å². The Morgan fingerprint density at radius 1 is 0.971 bits per heavy atom. The van der Waals surface area contributed by atoms with Gasteiger partial charge in [0.2, 0.25) is 10.0 Å². The number of fused-ring (bicyclic) bond motifs is 1. The Hall–Kier alpha value is -3.83. The van der Waals surface area contributed by atoms with Crippen LogP contribution in [-0.4, -0.2) is 65.3 Å². The molecular weight excluding hydrogens is 464 g/mol. The van der Waals surface area contributed by atoms with E-state index in [1.54, 1.807) is 12.4 Å². The summed E-state index contributed by atoms with van der Waals surface area (Å²) in [4.78, 5) is 10.9. The average Bonchev–Trinajstić information content (AvgIpc) is 2.84. The number of aromatic nitrogens is 4. The van der Waals surface area contributed by atoms with Crippen LogP contribution in [0.1, 0.15) is 5.56 Å². The minimum atomic E-state index is -3.15. The minimum Gasteiger partial charge on any atom is -0.397 e. The van der Waals surface area contributed by atoms with Crippen LogP contribution in [0.4, 0.5) is 23.0 Å². The maximum Gasteiger partial charge on any atom is 0.211 e. The van der Waals surface area contributed by atoms with E-state index in [9.17, 15) is 8.42 Å². The van der Waals surface area contributed by atoms with E-state index >= 15 is 0 Å². The predicted octanol–water partition coefficient (Wildman–Crippen LogP) is 2.80. The zero-order valence-electron chi connectivity index (χ0n) is 19.5. The van der Waals surface area contributed by atoms with Gasteiger partial charge in [-0.3, -0.25) is 4.98 Å². The summed E-state index contributed by atoms with van der Waals surface area (Å²) in [7, 11) is -3.15. The van der Waals surface area contributed by atoms with E-state index < -0.39 is 10.0 Å². The maximum absolute atomic E-state index is 11.7. The lowest BCUT2D eigenvalue weighted by atomic mass is 10.0. The number of nitrogen functional groups attached to an aromatic ring is 1. The highest BCUT2D eigenvalue weighted by atomic mass is 32.2. The molecular formula is C24H26N8O2S. The van der Waals surface area contributed by atoms with E-state index in [1.807, 2.05) is 49.5 Å². The van der Waals surface area contributed by atoms with Crippen molar-refractivity contribution in [1.82, 2.24) is 24.5 Å². The number of pyridine rings is 2. The van der Waals surface area contributed by atoms with Crippen LogP contribution in [0.5, 0.6) is 0 Å². The number of anilines is 4. The monoisotopic (exact) mass is 490 g/mol. The van der Waals surface area contributed by atoms with Crippen molar-refractivity contribution in [2.75, 3.05) is 48.4 Å². The van der Waals surface area contributed by atoms with Gasteiger partial charge >= 0.3 is 0 Å². The second kappa shape index (κ2) is 9.08. The number of hydrogen-bond donors (Lipinski definition) is 2. The fourth-order valence-electron chi connectivity index (χ4n) is 4.22. The zero-order valence-corrected chi connectivity index (χ0v) is 20.3. The molecule has 1 aliphatic rings. The van der Waals surface area contributed by atoms with Crippen molar-refractivity contribution < 1.29 is 8.42 Å². The number of aryl methyl sites for hydroxylation is 1. The van der Waals surface area contributed by atoms with E-state index in [1.165, 1.54) is 10.6 Å². The highest BCUT2D eigenvalue weighted by Gasteiger charge is 2.23. The fraction of sp³-hybridized carbons (Fsp3) is 0.250. The van der Waals surface area contributed by atoms with Crippen LogP contribution in [0.3, 0.4) is 0 Å². The summed E-state index contributed by atoms with van der Waals surface area (Å²) in [5, 5.41) is 12.6. The molecule has 0 saturated carbocycles. The molecule has 0 unspecified atom stereocenters. The molecule has 0 aliphatic carbocycles. The van der Waals surface area contributed by atoms with Crippen LogP contribution < -0.4 is 16.0 Å². The number of nitrogens with zero attached hydrogens (tertiary/aromatic N) is 6. The van der Waals surface area contributed by atoms with E-state index in [2.05, 4.69) is 30.4 Å². The number of sulfonamides is 1. The first-order chi connectivity index (χ1) is 16.8. The molecule has 0 amide bonds. The second-order valence-electron chi connectivity index (χ2n) is 8.60. The van der Waals surface area contributed by atoms with Crippen molar-refractivity contribution in [3.05, 3.63) is 60.6 Å². The third-order valence-electron chi connectivity index (χ3n) is 6.15. The number of rotatable bonds is 5. The van der Waals surface area contributed by atoms with Crippen molar-refractivity contribution in [2.45, 2.75) is 6.92 Å². The minimum absolute atomic E-state index is 0.467. The van der Waals surface area contributed by atoms with Gasteiger partial charge < -0.3 is 16.0 Å². The Morgan fingerprint density at radius 2 is 1.77 bits per heavy atom. The van der Waals surface area contributed by atoms with E-state index in [4.69, 9.17) is 5.73 Å². The molecule has 0 atom stereocenters. The Kier molecular flexibility index (Phi) is 5.95. The molecule has 4 heterocycles. The SMILES string of the molecule is Cc1ccncc1-c1cc(N)c2nnc(Nc3ccc(N4CCN(S(C)(=O)=O)CC4)cn3)cc2c1. The average molecular weight is 491 g/mol. The highest BCUT2D eigenvalue weighted by molar-refractivity contribution is 7.88. The summed E-state index contributed by atoms with van der Waals surface area (Å²) in [5.41, 5.74) is 11.5. The van der Waals surface area contributed by atoms with E-state index in [-0.39, 0.29) is 0 Å². The third-order valence-corrected chi connectivity index (χ3v) is 7.45. The number of piperazine rings is 1. The lowest BCUT2D eigenvalue weighted by molar-refractivity contribution is 0.388. The molecule has 4 aromatic rings. The molecule has 5 rings (SSSR count). The summed E-state index contributed by atoms with van der Waals surface area (Å²) in [5.74, 6) is 1.18. The Labute approximate surface area is 203 Å². The van der Waals surface area contributed by atoms with Crippen molar-refractivity contribution in [3.8, 4) is 11.1 Å². The molecule has 180 valence electrons. The Balaban J connectivity index is 1.34. The Morgan fingerprint density at radius 3 is 2.46 bits per heavy atom. The molecule has 3 aromatic heterocycles. The van der Waals surface area contributed by atoms with Crippen LogP contribution in [0, 0.1) is 6.92 Å². The second-order valence-corrected chi connectivity index (χ2v) is 10.6. The third kappa shape index (κ3) is 4.86. The van der Waals surface area contributed by atoms with Crippen molar-refractivity contribution in [3.63, 3.8) is 0 Å². The summed E-state index contributed by atoms with van der Waals surface area (Å²) >= 11 is 0. The molecule has 10 nitrogen and oxygen atoms in total. The summed E-state index contributed by atoms with van der Waals surface area (Å²) < 4.78 is 24.9. The zero-order chi connectivity index (χ0) is 24.6. The molecule has 0 radical (unpaired) electrons. The quantitative estimate of drug-likeness (QED) is 0.406. The molecule has 0 spiro atoms. The molecule has 1 fully saturated rings. The Bertz CT molecular complexity index is 1480. The maximum atomic E-state index is 11.7. The first kappa shape index (κ1) is 22.9. The smallest absolute Gasteiger partial charge is 0.211 e. The van der Waals surface area contributed by atoms with Gasteiger partial charge in [0, 0.05) is 49.5 Å². The molecule has 1 saturated heterocycles. The van der Waals surface area contributed by atoms with Gasteiger partial charge in [0.05, 0.1) is 23.8 Å². The molecule has 11 heteroatoms. The van der Waals surface area contributed by atoms with E-state index in [0.29, 0.717) is 49.0 Å². The first-order valence-electron chi connectivity index (χ1n) is 11.2. The number of benzene rings is 1. The summed E-state index contributed by atoms with van der Waals surface area (Å²) in [6.45, 7) is 4.22.